The lowest BCUT2D eigenvalue weighted by molar-refractivity contribution is -0.384. The number of ether oxygens (including phenoxy) is 1. The van der Waals surface area contributed by atoms with E-state index in [0.717, 1.165) is 37.4 Å². The lowest BCUT2D eigenvalue weighted by Gasteiger charge is -2.30. The van der Waals surface area contributed by atoms with Gasteiger partial charge >= 0.3 is 0 Å². The van der Waals surface area contributed by atoms with Crippen LogP contribution >= 0.6 is 11.8 Å². The van der Waals surface area contributed by atoms with E-state index in [1.54, 1.807) is 12.1 Å². The van der Waals surface area contributed by atoms with Crippen LogP contribution in [0.25, 0.3) is 0 Å². The Kier molecular flexibility index (Phi) is 5.17. The van der Waals surface area contributed by atoms with Crippen LogP contribution in [0.5, 0.6) is 0 Å². The van der Waals surface area contributed by atoms with Gasteiger partial charge in [-0.2, -0.15) is 11.8 Å². The largest absolute Gasteiger partial charge is 0.376 e. The van der Waals surface area contributed by atoms with Crippen LogP contribution in [0, 0.1) is 10.1 Å². The maximum absolute atomic E-state index is 12.9. The molecule has 0 unspecified atom stereocenters. The number of nitro benzene ring substituents is 1. The Bertz CT molecular complexity index is 566. The monoisotopic (exact) mass is 336 g/mol. The molecule has 7 heteroatoms. The molecule has 2 fully saturated rings. The topological polar surface area (TPSA) is 72.7 Å². The smallest absolute Gasteiger partial charge is 0.269 e. The van der Waals surface area contributed by atoms with Crippen LogP contribution in [0.1, 0.15) is 29.6 Å². The number of benzene rings is 1. The van der Waals surface area contributed by atoms with Gasteiger partial charge in [0, 0.05) is 42.6 Å². The molecule has 2 aliphatic heterocycles. The van der Waals surface area contributed by atoms with Gasteiger partial charge in [-0.3, -0.25) is 14.9 Å². The first-order chi connectivity index (χ1) is 11.1. The third-order valence-electron chi connectivity index (χ3n) is 4.36. The molecule has 0 radical (unpaired) electrons. The quantitative estimate of drug-likeness (QED) is 0.610. The number of carbonyl (C=O) groups excluding carboxylic acids is 1. The maximum Gasteiger partial charge on any atom is 0.269 e. The minimum atomic E-state index is -0.452. The first-order valence-corrected chi connectivity index (χ1v) is 9.05. The molecule has 124 valence electrons. The summed E-state index contributed by atoms with van der Waals surface area (Å²) in [5.41, 5.74) is 0.508. The molecule has 1 aromatic rings. The van der Waals surface area contributed by atoms with E-state index < -0.39 is 4.92 Å². The standard InChI is InChI=1S/C16H20N2O4S/c19-16(12-3-5-13(6-4-12)18(20)21)17(14-7-9-23-11-14)10-15-2-1-8-22-15/h3-6,14-15H,1-2,7-11H2/t14-,15-/m0/s1. The number of hydrogen-bond acceptors (Lipinski definition) is 5. The van der Waals surface area contributed by atoms with Gasteiger partial charge < -0.3 is 9.64 Å². The Morgan fingerprint density at radius 2 is 2.13 bits per heavy atom. The van der Waals surface area contributed by atoms with Crippen LogP contribution in [-0.4, -0.2) is 52.5 Å². The van der Waals surface area contributed by atoms with E-state index in [4.69, 9.17) is 4.74 Å². The fourth-order valence-electron chi connectivity index (χ4n) is 3.06. The van der Waals surface area contributed by atoms with Gasteiger partial charge in [0.15, 0.2) is 0 Å². The molecule has 23 heavy (non-hydrogen) atoms. The summed E-state index contributed by atoms with van der Waals surface area (Å²) in [6, 6.07) is 6.10. The van der Waals surface area contributed by atoms with Gasteiger partial charge in [0.1, 0.15) is 0 Å². The van der Waals surface area contributed by atoms with E-state index in [1.807, 2.05) is 16.7 Å². The average molecular weight is 336 g/mol. The highest BCUT2D eigenvalue weighted by Crippen LogP contribution is 2.26. The van der Waals surface area contributed by atoms with Gasteiger partial charge in [-0.05, 0) is 37.1 Å². The highest BCUT2D eigenvalue weighted by molar-refractivity contribution is 7.99. The second-order valence-electron chi connectivity index (χ2n) is 5.91. The summed E-state index contributed by atoms with van der Waals surface area (Å²) in [5.74, 6) is 1.97. The molecule has 2 heterocycles. The zero-order chi connectivity index (χ0) is 16.2. The minimum absolute atomic E-state index is 0.00338. The fourth-order valence-corrected chi connectivity index (χ4v) is 4.29. The summed E-state index contributed by atoms with van der Waals surface area (Å²) in [7, 11) is 0. The van der Waals surface area contributed by atoms with E-state index in [2.05, 4.69) is 0 Å². The number of nitrogens with zero attached hydrogens (tertiary/aromatic N) is 2. The van der Waals surface area contributed by atoms with Crippen LogP contribution in [0.2, 0.25) is 0 Å². The zero-order valence-electron chi connectivity index (χ0n) is 12.8. The molecule has 1 aromatic carbocycles. The molecular formula is C16H20N2O4S. The molecule has 0 aromatic heterocycles. The van der Waals surface area contributed by atoms with Gasteiger partial charge in [0.25, 0.3) is 11.6 Å². The third-order valence-corrected chi connectivity index (χ3v) is 5.50. The molecule has 3 rings (SSSR count). The molecule has 1 amide bonds. The molecule has 0 spiro atoms. The van der Waals surface area contributed by atoms with Gasteiger partial charge in [-0.15, -0.1) is 0 Å². The van der Waals surface area contributed by atoms with Crippen molar-refractivity contribution >= 4 is 23.4 Å². The molecule has 2 aliphatic rings. The Morgan fingerprint density at radius 1 is 1.35 bits per heavy atom. The van der Waals surface area contributed by atoms with Crippen molar-refractivity contribution in [3.05, 3.63) is 39.9 Å². The highest BCUT2D eigenvalue weighted by atomic mass is 32.2. The third kappa shape index (κ3) is 3.84. The zero-order valence-corrected chi connectivity index (χ0v) is 13.7. The SMILES string of the molecule is O=C(c1ccc([N+](=O)[O-])cc1)N(C[C@@H]1CCCO1)[C@H]1CCSC1. The second kappa shape index (κ2) is 7.31. The molecule has 2 saturated heterocycles. The molecule has 0 bridgehead atoms. The van der Waals surface area contributed by atoms with Gasteiger partial charge in [-0.1, -0.05) is 0 Å². The fraction of sp³-hybridized carbons (Fsp3) is 0.562. The van der Waals surface area contributed by atoms with Crippen molar-refractivity contribution < 1.29 is 14.5 Å². The van der Waals surface area contributed by atoms with Crippen LogP contribution in [0.3, 0.4) is 0 Å². The Balaban J connectivity index is 1.76. The molecule has 0 aliphatic carbocycles. The van der Waals surface area contributed by atoms with Crippen molar-refractivity contribution in [2.24, 2.45) is 0 Å². The molecule has 0 N–H and O–H groups in total. The second-order valence-corrected chi connectivity index (χ2v) is 7.06. The summed E-state index contributed by atoms with van der Waals surface area (Å²) >= 11 is 1.86. The summed E-state index contributed by atoms with van der Waals surface area (Å²) in [5, 5.41) is 10.7. The van der Waals surface area contributed by atoms with Crippen LogP contribution in [-0.2, 0) is 4.74 Å². The van der Waals surface area contributed by atoms with E-state index in [0.29, 0.717) is 12.1 Å². The van der Waals surface area contributed by atoms with Gasteiger partial charge in [0.2, 0.25) is 0 Å². The first kappa shape index (κ1) is 16.3. The molecular weight excluding hydrogens is 316 g/mol. The van der Waals surface area contributed by atoms with E-state index in [-0.39, 0.29) is 23.7 Å². The molecule has 2 atom stereocenters. The van der Waals surface area contributed by atoms with Crippen molar-refractivity contribution in [3.8, 4) is 0 Å². The van der Waals surface area contributed by atoms with Gasteiger partial charge in [-0.25, -0.2) is 0 Å². The van der Waals surface area contributed by atoms with Crippen molar-refractivity contribution in [2.75, 3.05) is 24.7 Å². The Hall–Kier alpha value is -1.60. The predicted octanol–water partition coefficient (Wildman–Crippen LogP) is 2.72. The van der Waals surface area contributed by atoms with Crippen LogP contribution < -0.4 is 0 Å². The molecule has 0 saturated carbocycles. The summed E-state index contributed by atoms with van der Waals surface area (Å²) < 4.78 is 5.69. The normalized spacial score (nSPS) is 23.8. The number of non-ortho nitro benzene ring substituents is 1. The first-order valence-electron chi connectivity index (χ1n) is 7.90. The lowest BCUT2D eigenvalue weighted by Crippen LogP contribution is -2.44. The van der Waals surface area contributed by atoms with E-state index in [9.17, 15) is 14.9 Å². The number of rotatable bonds is 5. The summed E-state index contributed by atoms with van der Waals surface area (Å²) in [4.78, 5) is 25.1. The maximum atomic E-state index is 12.9. The number of hydrogen-bond donors (Lipinski definition) is 0. The van der Waals surface area contributed by atoms with Crippen molar-refractivity contribution in [1.29, 1.82) is 0 Å². The minimum Gasteiger partial charge on any atom is -0.376 e. The molecule has 6 nitrogen and oxygen atoms in total. The number of carbonyl (C=O) groups is 1. The highest BCUT2D eigenvalue weighted by Gasteiger charge is 2.31. The van der Waals surface area contributed by atoms with Crippen molar-refractivity contribution in [1.82, 2.24) is 4.90 Å². The van der Waals surface area contributed by atoms with Crippen LogP contribution in [0.4, 0.5) is 5.69 Å². The van der Waals surface area contributed by atoms with Crippen LogP contribution in [0.15, 0.2) is 24.3 Å². The average Bonchev–Trinajstić information content (AvgIpc) is 3.25. The Labute approximate surface area is 139 Å². The number of thioether (sulfide) groups is 1. The van der Waals surface area contributed by atoms with Crippen molar-refractivity contribution in [2.45, 2.75) is 31.4 Å². The lowest BCUT2D eigenvalue weighted by atomic mass is 10.1. The summed E-state index contributed by atoms with van der Waals surface area (Å²) in [6.07, 6.45) is 3.14. The number of amides is 1. The predicted molar refractivity (Wildman–Crippen MR) is 88.8 cm³/mol. The van der Waals surface area contributed by atoms with Gasteiger partial charge in [0.05, 0.1) is 11.0 Å². The van der Waals surface area contributed by atoms with E-state index >= 15 is 0 Å². The Morgan fingerprint density at radius 3 is 2.70 bits per heavy atom. The van der Waals surface area contributed by atoms with E-state index in [1.165, 1.54) is 12.1 Å². The summed E-state index contributed by atoms with van der Waals surface area (Å²) in [6.45, 7) is 1.38. The number of nitro groups is 1. The van der Waals surface area contributed by atoms with Crippen molar-refractivity contribution in [3.63, 3.8) is 0 Å².